The molecule has 1 spiro atoms. The Morgan fingerprint density at radius 3 is 2.55 bits per heavy atom. The van der Waals surface area contributed by atoms with Gasteiger partial charge < -0.3 is 25.3 Å². The molecule has 11 heteroatoms. The number of Topliss-reactive ketones (excluding diaryl/α,β-unsaturated/α-hetero) is 1. The van der Waals surface area contributed by atoms with E-state index in [1.54, 1.807) is 11.8 Å². The number of nitrogens with two attached hydrogens (primary N) is 1. The number of H-pyrrole nitrogens is 1. The Balaban J connectivity index is 1.33. The number of amides is 2. The Labute approximate surface area is 219 Å². The molecule has 2 aliphatic heterocycles. The number of likely N-dealkylation sites (tertiary alicyclic amines) is 2. The molecule has 2 aliphatic rings. The summed E-state index contributed by atoms with van der Waals surface area (Å²) in [7, 11) is 1.47. The summed E-state index contributed by atoms with van der Waals surface area (Å²) in [5.41, 5.74) is 6.64. The highest BCUT2D eigenvalue weighted by Gasteiger charge is 2.47. The summed E-state index contributed by atoms with van der Waals surface area (Å²) >= 11 is 0. The van der Waals surface area contributed by atoms with Crippen LogP contribution in [-0.4, -0.2) is 82.8 Å². The zero-order chi connectivity index (χ0) is 26.9. The number of ketones is 1. The van der Waals surface area contributed by atoms with Crippen molar-refractivity contribution in [2.24, 2.45) is 21.1 Å². The number of benzene rings is 1. The molecule has 0 aliphatic carbocycles. The Kier molecular flexibility index (Phi) is 6.66. The molecular weight excluding hydrogens is 486 g/mol. The highest BCUT2D eigenvalue weighted by molar-refractivity contribution is 6.45. The minimum Gasteiger partial charge on any atom is -0.494 e. The number of amidine groups is 1. The van der Waals surface area contributed by atoms with Crippen molar-refractivity contribution in [1.82, 2.24) is 19.8 Å². The van der Waals surface area contributed by atoms with Crippen LogP contribution in [0.2, 0.25) is 0 Å². The minimum atomic E-state index is -0.640. The maximum absolute atomic E-state index is 13.4. The first-order chi connectivity index (χ1) is 18.3. The Morgan fingerprint density at radius 1 is 1.13 bits per heavy atom. The van der Waals surface area contributed by atoms with Crippen molar-refractivity contribution >= 4 is 46.5 Å². The minimum absolute atomic E-state index is 0.00592. The molecule has 2 amide bonds. The number of hydrogen-bond donors (Lipinski definition) is 2. The van der Waals surface area contributed by atoms with Crippen LogP contribution in [0, 0.1) is 5.41 Å². The van der Waals surface area contributed by atoms with Crippen molar-refractivity contribution in [3.8, 4) is 5.75 Å². The summed E-state index contributed by atoms with van der Waals surface area (Å²) < 4.78 is 5.43. The van der Waals surface area contributed by atoms with Gasteiger partial charge in [-0.25, -0.2) is 15.0 Å². The molecule has 0 radical (unpaired) electrons. The predicted molar refractivity (Wildman–Crippen MR) is 143 cm³/mol. The maximum Gasteiger partial charge on any atom is 0.295 e. The number of nitrogens with zero attached hydrogens (tertiary/aromatic N) is 5. The van der Waals surface area contributed by atoms with Gasteiger partial charge in [0.25, 0.3) is 17.6 Å². The lowest BCUT2D eigenvalue weighted by Crippen LogP contribution is -2.38. The van der Waals surface area contributed by atoms with E-state index in [2.05, 4.69) is 20.0 Å². The number of aliphatic imine (C=N–C) groups is 2. The highest BCUT2D eigenvalue weighted by Crippen LogP contribution is 2.40. The average Bonchev–Trinajstić information content (AvgIpc) is 3.67. The van der Waals surface area contributed by atoms with E-state index in [4.69, 9.17) is 10.5 Å². The van der Waals surface area contributed by atoms with Crippen molar-refractivity contribution in [2.75, 3.05) is 33.3 Å². The number of carbonyl (C=O) groups is 3. The summed E-state index contributed by atoms with van der Waals surface area (Å²) in [5.74, 6) is -0.259. The third-order valence-electron chi connectivity index (χ3n) is 7.23. The zero-order valence-corrected chi connectivity index (χ0v) is 21.3. The number of hydrogen-bond acceptors (Lipinski definition) is 6. The number of rotatable bonds is 6. The van der Waals surface area contributed by atoms with E-state index in [-0.39, 0.29) is 22.7 Å². The van der Waals surface area contributed by atoms with Gasteiger partial charge in [-0.15, -0.1) is 0 Å². The van der Waals surface area contributed by atoms with Crippen molar-refractivity contribution < 1.29 is 19.1 Å². The van der Waals surface area contributed by atoms with Gasteiger partial charge in [0.2, 0.25) is 0 Å². The molecule has 1 aromatic carbocycles. The van der Waals surface area contributed by atoms with Gasteiger partial charge in [0, 0.05) is 43.4 Å². The van der Waals surface area contributed by atoms with Crippen LogP contribution in [0.3, 0.4) is 0 Å². The van der Waals surface area contributed by atoms with Gasteiger partial charge in [-0.1, -0.05) is 18.2 Å². The lowest BCUT2D eigenvalue weighted by atomic mass is 9.86. The van der Waals surface area contributed by atoms with Gasteiger partial charge in [0.15, 0.2) is 5.82 Å². The first-order valence-electron chi connectivity index (χ1n) is 12.4. The topological polar surface area (TPSA) is 146 Å². The van der Waals surface area contributed by atoms with Crippen LogP contribution < -0.4 is 10.5 Å². The molecule has 4 heterocycles. The number of carbonyl (C=O) groups excluding carboxylic acids is 3. The number of aromatic amines is 1. The number of fused-ring (bicyclic) bond motifs is 1. The molecule has 2 aromatic heterocycles. The molecule has 1 atom stereocenters. The summed E-state index contributed by atoms with van der Waals surface area (Å²) in [6.45, 7) is 3.73. The normalized spacial score (nSPS) is 19.7. The molecule has 11 nitrogen and oxygen atoms in total. The van der Waals surface area contributed by atoms with Gasteiger partial charge in [-0.05, 0) is 31.9 Å². The summed E-state index contributed by atoms with van der Waals surface area (Å²) in [4.78, 5) is 58.6. The van der Waals surface area contributed by atoms with Gasteiger partial charge in [0.05, 0.1) is 35.6 Å². The average molecular weight is 516 g/mol. The van der Waals surface area contributed by atoms with Crippen molar-refractivity contribution in [2.45, 2.75) is 19.8 Å². The molecule has 1 unspecified atom stereocenters. The fourth-order valence-corrected chi connectivity index (χ4v) is 5.28. The summed E-state index contributed by atoms with van der Waals surface area (Å²) in [5, 5.41) is 0.427. The second kappa shape index (κ2) is 10.1. The fraction of sp³-hybridized carbons (Fsp3) is 0.333. The van der Waals surface area contributed by atoms with E-state index in [9.17, 15) is 14.4 Å². The Morgan fingerprint density at radius 2 is 1.84 bits per heavy atom. The molecule has 2 fully saturated rings. The molecule has 0 saturated carbocycles. The molecular formula is C27H29N7O4. The first-order valence-corrected chi connectivity index (χ1v) is 12.4. The van der Waals surface area contributed by atoms with E-state index in [0.29, 0.717) is 54.2 Å². The molecule has 5 rings (SSSR count). The molecule has 0 bridgehead atoms. The standard InChI is InChI=1S/C27H29N7O4/c1-17(28)31-16-32-24-22-21(20(38-2)13-30-24)19(12-29-22)23(35)26(37)34-11-9-27(15-34)8-10-33(14-27)25(36)18-6-4-3-5-7-18/h3-7,12-13,16,29H,8-11,14-15H2,1-2H3,(H2,28,30,31,32). The molecule has 2 saturated heterocycles. The van der Waals surface area contributed by atoms with Gasteiger partial charge >= 0.3 is 0 Å². The van der Waals surface area contributed by atoms with Crippen molar-refractivity contribution in [3.05, 3.63) is 53.9 Å². The molecule has 196 valence electrons. The fourth-order valence-electron chi connectivity index (χ4n) is 5.28. The number of methoxy groups -OCH3 is 1. The lowest BCUT2D eigenvalue weighted by Gasteiger charge is -2.24. The Hall–Kier alpha value is -4.54. The predicted octanol–water partition coefficient (Wildman–Crippen LogP) is 2.56. The van der Waals surface area contributed by atoms with E-state index in [0.717, 1.165) is 12.8 Å². The molecule has 38 heavy (non-hydrogen) atoms. The number of ether oxygens (including phenoxy) is 1. The van der Waals surface area contributed by atoms with E-state index >= 15 is 0 Å². The van der Waals surface area contributed by atoms with E-state index in [1.807, 2.05) is 35.2 Å². The second-order valence-electron chi connectivity index (χ2n) is 9.77. The van der Waals surface area contributed by atoms with Gasteiger partial charge in [0.1, 0.15) is 12.1 Å². The number of nitrogens with one attached hydrogen (secondary N) is 1. The third kappa shape index (κ3) is 4.62. The van der Waals surface area contributed by atoms with E-state index in [1.165, 1.54) is 25.8 Å². The monoisotopic (exact) mass is 515 g/mol. The van der Waals surface area contributed by atoms with Gasteiger partial charge in [-0.3, -0.25) is 14.4 Å². The quantitative estimate of drug-likeness (QED) is 0.223. The summed E-state index contributed by atoms with van der Waals surface area (Å²) in [6, 6.07) is 9.20. The molecule has 3 N–H and O–H groups in total. The highest BCUT2D eigenvalue weighted by atomic mass is 16.5. The first kappa shape index (κ1) is 25.1. The van der Waals surface area contributed by atoms with Crippen LogP contribution in [-0.2, 0) is 4.79 Å². The summed E-state index contributed by atoms with van der Waals surface area (Å²) in [6.07, 6.45) is 5.74. The van der Waals surface area contributed by atoms with Crippen LogP contribution in [0.1, 0.15) is 40.5 Å². The van der Waals surface area contributed by atoms with E-state index < -0.39 is 11.7 Å². The number of pyridine rings is 1. The molecule has 3 aromatic rings. The largest absolute Gasteiger partial charge is 0.494 e. The maximum atomic E-state index is 13.4. The van der Waals surface area contributed by atoms with Crippen LogP contribution in [0.15, 0.2) is 52.7 Å². The number of aromatic nitrogens is 2. The van der Waals surface area contributed by atoms with Crippen LogP contribution >= 0.6 is 0 Å². The smallest absolute Gasteiger partial charge is 0.295 e. The lowest BCUT2D eigenvalue weighted by molar-refractivity contribution is -0.125. The van der Waals surface area contributed by atoms with Gasteiger partial charge in [-0.2, -0.15) is 0 Å². The SMILES string of the molecule is COc1cnc(N=CN=C(C)N)c2[nH]cc(C(=O)C(=O)N3CCC4(CCN(C(=O)c5ccccc5)C4)C3)c12. The van der Waals surface area contributed by atoms with Crippen LogP contribution in [0.5, 0.6) is 5.75 Å². The second-order valence-corrected chi connectivity index (χ2v) is 9.77. The van der Waals surface area contributed by atoms with Crippen LogP contribution in [0.4, 0.5) is 5.82 Å². The van der Waals surface area contributed by atoms with Crippen molar-refractivity contribution in [1.29, 1.82) is 0 Å². The third-order valence-corrected chi connectivity index (χ3v) is 7.23. The zero-order valence-electron chi connectivity index (χ0n) is 21.3. The van der Waals surface area contributed by atoms with Crippen LogP contribution in [0.25, 0.3) is 10.9 Å². The van der Waals surface area contributed by atoms with Crippen molar-refractivity contribution in [3.63, 3.8) is 0 Å². The Bertz CT molecular complexity index is 1460.